The molecule has 1 aliphatic rings. The van der Waals surface area contributed by atoms with Gasteiger partial charge in [-0.2, -0.15) is 0 Å². The number of methoxy groups -OCH3 is 1. The lowest BCUT2D eigenvalue weighted by Gasteiger charge is -2.16. The molecule has 0 saturated carbocycles. The van der Waals surface area contributed by atoms with Crippen molar-refractivity contribution in [2.45, 2.75) is 32.2 Å². The van der Waals surface area contributed by atoms with Crippen LogP contribution in [0.5, 0.6) is 5.75 Å². The van der Waals surface area contributed by atoms with E-state index in [2.05, 4.69) is 10.6 Å². The molecule has 25 heavy (non-hydrogen) atoms. The zero-order valence-electron chi connectivity index (χ0n) is 14.4. The Morgan fingerprint density at radius 1 is 1.36 bits per heavy atom. The van der Waals surface area contributed by atoms with Gasteiger partial charge in [-0.15, -0.1) is 12.4 Å². The van der Waals surface area contributed by atoms with Gasteiger partial charge in [-0.05, 0) is 32.4 Å². The minimum atomic E-state index is -0.894. The maximum absolute atomic E-state index is 12.0. The molecular formula is C16H23ClN4O4. The first kappa shape index (κ1) is 20.6. The van der Waals surface area contributed by atoms with Crippen molar-refractivity contribution in [1.29, 1.82) is 0 Å². The highest BCUT2D eigenvalue weighted by Gasteiger charge is 2.43. The molecule has 1 fully saturated rings. The van der Waals surface area contributed by atoms with Crippen LogP contribution in [0.4, 0.5) is 16.2 Å². The molecule has 0 bridgehead atoms. The van der Waals surface area contributed by atoms with Crippen LogP contribution < -0.4 is 21.1 Å². The molecule has 0 unspecified atom stereocenters. The number of imide groups is 1. The van der Waals surface area contributed by atoms with Crippen molar-refractivity contribution < 1.29 is 19.1 Å². The Kier molecular flexibility index (Phi) is 6.63. The Morgan fingerprint density at radius 2 is 2.04 bits per heavy atom. The molecule has 8 nitrogen and oxygen atoms in total. The summed E-state index contributed by atoms with van der Waals surface area (Å²) in [6.45, 7) is 3.48. The third-order valence-corrected chi connectivity index (χ3v) is 3.76. The van der Waals surface area contributed by atoms with Crippen LogP contribution in [0.1, 0.15) is 26.7 Å². The zero-order chi connectivity index (χ0) is 17.9. The Hall–Kier alpha value is -2.48. The van der Waals surface area contributed by atoms with Crippen molar-refractivity contribution in [2.24, 2.45) is 0 Å². The van der Waals surface area contributed by atoms with Gasteiger partial charge in [-0.3, -0.25) is 14.5 Å². The number of rotatable bonds is 6. The van der Waals surface area contributed by atoms with E-state index in [0.717, 1.165) is 4.90 Å². The fourth-order valence-electron chi connectivity index (χ4n) is 2.40. The Balaban J connectivity index is 0.00000312. The first-order valence-corrected chi connectivity index (χ1v) is 7.62. The minimum absolute atomic E-state index is 0. The van der Waals surface area contributed by atoms with Crippen molar-refractivity contribution in [1.82, 2.24) is 10.2 Å². The molecule has 0 aliphatic carbocycles. The number of carbonyl (C=O) groups is 3. The number of nitrogens with one attached hydrogen (secondary N) is 2. The van der Waals surface area contributed by atoms with Gasteiger partial charge in [0.05, 0.1) is 18.5 Å². The number of nitrogens with two attached hydrogens (primary N) is 1. The third-order valence-electron chi connectivity index (χ3n) is 3.76. The molecule has 4 amide bonds. The molecule has 0 radical (unpaired) electrons. The molecular weight excluding hydrogens is 348 g/mol. The summed E-state index contributed by atoms with van der Waals surface area (Å²) >= 11 is 0. The van der Waals surface area contributed by atoms with Gasteiger partial charge in [0.1, 0.15) is 11.3 Å². The summed E-state index contributed by atoms with van der Waals surface area (Å²) in [5.41, 5.74) is 5.81. The number of urea groups is 1. The lowest BCUT2D eigenvalue weighted by atomic mass is 10.1. The number of amides is 4. The van der Waals surface area contributed by atoms with Gasteiger partial charge in [0, 0.05) is 19.0 Å². The molecule has 1 aromatic carbocycles. The fraction of sp³-hybridized carbons (Fsp3) is 0.438. The summed E-state index contributed by atoms with van der Waals surface area (Å²) < 4.78 is 5.09. The van der Waals surface area contributed by atoms with E-state index in [1.165, 1.54) is 7.11 Å². The number of nitrogens with zero attached hydrogens (tertiary/aromatic N) is 1. The Bertz CT molecular complexity index is 678. The van der Waals surface area contributed by atoms with Gasteiger partial charge < -0.3 is 21.1 Å². The van der Waals surface area contributed by atoms with Gasteiger partial charge in [0.25, 0.3) is 5.91 Å². The number of halogens is 1. The second-order valence-corrected chi connectivity index (χ2v) is 6.12. The van der Waals surface area contributed by atoms with Gasteiger partial charge >= 0.3 is 6.03 Å². The summed E-state index contributed by atoms with van der Waals surface area (Å²) in [7, 11) is 1.52. The van der Waals surface area contributed by atoms with Gasteiger partial charge in [-0.1, -0.05) is 0 Å². The summed E-state index contributed by atoms with van der Waals surface area (Å²) in [6.07, 6.45) is 0.527. The molecule has 1 heterocycles. The van der Waals surface area contributed by atoms with Crippen LogP contribution in [0.15, 0.2) is 18.2 Å². The number of anilines is 2. The van der Waals surface area contributed by atoms with E-state index in [1.54, 1.807) is 32.0 Å². The van der Waals surface area contributed by atoms with E-state index >= 15 is 0 Å². The number of nitrogen functional groups attached to an aromatic ring is 1. The first-order valence-electron chi connectivity index (χ1n) is 7.62. The predicted octanol–water partition coefficient (Wildman–Crippen LogP) is 1.75. The number of benzene rings is 1. The van der Waals surface area contributed by atoms with Crippen molar-refractivity contribution in [3.8, 4) is 5.75 Å². The summed E-state index contributed by atoms with van der Waals surface area (Å²) in [6, 6.07) is 4.55. The number of ether oxygens (including phenoxy) is 1. The van der Waals surface area contributed by atoms with Gasteiger partial charge in [0.2, 0.25) is 5.91 Å². The number of hydrogen-bond donors (Lipinski definition) is 3. The molecule has 1 aliphatic heterocycles. The largest absolute Gasteiger partial charge is 0.497 e. The topological polar surface area (TPSA) is 114 Å². The smallest absolute Gasteiger partial charge is 0.325 e. The van der Waals surface area contributed by atoms with E-state index in [-0.39, 0.29) is 37.2 Å². The fourth-order valence-corrected chi connectivity index (χ4v) is 2.40. The van der Waals surface area contributed by atoms with Crippen molar-refractivity contribution >= 4 is 41.6 Å². The molecule has 1 saturated heterocycles. The molecule has 0 atom stereocenters. The average Bonchev–Trinajstić information content (AvgIpc) is 2.71. The average molecular weight is 371 g/mol. The molecule has 9 heteroatoms. The van der Waals surface area contributed by atoms with Gasteiger partial charge in [-0.25, -0.2) is 4.79 Å². The lowest BCUT2D eigenvalue weighted by Crippen LogP contribution is -2.40. The number of hydrogen-bond acceptors (Lipinski definition) is 5. The third kappa shape index (κ3) is 4.76. The van der Waals surface area contributed by atoms with Crippen LogP contribution in [0.25, 0.3) is 0 Å². The molecule has 1 aromatic rings. The molecule has 0 aromatic heterocycles. The van der Waals surface area contributed by atoms with Crippen molar-refractivity contribution in [3.05, 3.63) is 18.2 Å². The van der Waals surface area contributed by atoms with Gasteiger partial charge in [0.15, 0.2) is 0 Å². The predicted molar refractivity (Wildman–Crippen MR) is 96.8 cm³/mol. The summed E-state index contributed by atoms with van der Waals surface area (Å²) in [5, 5.41) is 5.30. The lowest BCUT2D eigenvalue weighted by molar-refractivity contribution is -0.130. The standard InChI is InChI=1S/C16H22N4O4.ClH/c1-16(2)14(22)20(15(23)19-16)8-4-5-13(21)18-12-9-10(24-3)6-7-11(12)17;/h6-7,9H,4-5,8,17H2,1-3H3,(H,18,21)(H,19,23);1H. The SMILES string of the molecule is COc1ccc(N)c(NC(=O)CCCN2C(=O)NC(C)(C)C2=O)c1.Cl. The minimum Gasteiger partial charge on any atom is -0.497 e. The van der Waals surface area contributed by atoms with Crippen LogP contribution in [-0.2, 0) is 9.59 Å². The zero-order valence-corrected chi connectivity index (χ0v) is 15.2. The highest BCUT2D eigenvalue weighted by atomic mass is 35.5. The highest BCUT2D eigenvalue weighted by molar-refractivity contribution is 6.06. The molecule has 4 N–H and O–H groups in total. The Labute approximate surface area is 152 Å². The Morgan fingerprint density at radius 3 is 2.60 bits per heavy atom. The van der Waals surface area contributed by atoms with Crippen LogP contribution >= 0.6 is 12.4 Å². The first-order chi connectivity index (χ1) is 11.2. The van der Waals surface area contributed by atoms with Crippen LogP contribution in [0.3, 0.4) is 0 Å². The van der Waals surface area contributed by atoms with E-state index < -0.39 is 11.6 Å². The summed E-state index contributed by atoms with van der Waals surface area (Å²) in [4.78, 5) is 36.9. The second kappa shape index (κ2) is 8.06. The maximum atomic E-state index is 12.0. The molecule has 138 valence electrons. The van der Waals surface area contributed by atoms with Crippen LogP contribution in [-0.4, -0.2) is 41.9 Å². The monoisotopic (exact) mass is 370 g/mol. The molecule has 0 spiro atoms. The maximum Gasteiger partial charge on any atom is 0.325 e. The summed E-state index contributed by atoms with van der Waals surface area (Å²) in [5.74, 6) is 0.0484. The highest BCUT2D eigenvalue weighted by Crippen LogP contribution is 2.24. The van der Waals surface area contributed by atoms with E-state index in [1.807, 2.05) is 0 Å². The molecule has 2 rings (SSSR count). The van der Waals surface area contributed by atoms with Crippen molar-refractivity contribution in [3.63, 3.8) is 0 Å². The van der Waals surface area contributed by atoms with Crippen molar-refractivity contribution in [2.75, 3.05) is 24.7 Å². The van der Waals surface area contributed by atoms with E-state index in [4.69, 9.17) is 10.5 Å². The number of carbonyl (C=O) groups excluding carboxylic acids is 3. The normalized spacial score (nSPS) is 15.4. The second-order valence-electron chi connectivity index (χ2n) is 6.12. The quantitative estimate of drug-likeness (QED) is 0.521. The van der Waals surface area contributed by atoms with E-state index in [0.29, 0.717) is 23.5 Å². The van der Waals surface area contributed by atoms with Crippen LogP contribution in [0.2, 0.25) is 0 Å². The van der Waals surface area contributed by atoms with Crippen LogP contribution in [0, 0.1) is 0 Å². The van der Waals surface area contributed by atoms with E-state index in [9.17, 15) is 14.4 Å².